The Morgan fingerprint density at radius 2 is 0.939 bits per heavy atom. The van der Waals surface area contributed by atoms with Crippen molar-refractivity contribution < 1.29 is 5.11 Å². The first-order valence-electron chi connectivity index (χ1n) is 13.0. The lowest BCUT2D eigenvalue weighted by molar-refractivity contribution is 0.282. The number of aliphatic hydroxyl groups is 1. The first kappa shape index (κ1) is 22.2. The Morgan fingerprint density at radius 1 is 0.485 bits per heavy atom. The van der Waals surface area contributed by atoms with E-state index in [1.54, 1.807) is 0 Å². The lowest BCUT2D eigenvalue weighted by atomic mass is 9.86. The number of benzene rings is 5. The van der Waals surface area contributed by atoms with Crippen molar-refractivity contribution in [1.29, 1.82) is 0 Å². The second-order valence-corrected chi connectivity index (χ2v) is 9.70. The number of aliphatic hydroxyl groups excluding tert-OH is 1. The Bertz CT molecular complexity index is 1340. The molecule has 5 aromatic rings. The summed E-state index contributed by atoms with van der Waals surface area (Å²) < 4.78 is 0. The lowest BCUT2D eigenvalue weighted by Crippen LogP contribution is -1.94. The van der Waals surface area contributed by atoms with Crippen LogP contribution in [0.3, 0.4) is 0 Å². The zero-order valence-corrected chi connectivity index (χ0v) is 20.0. The molecule has 33 heavy (non-hydrogen) atoms. The van der Waals surface area contributed by atoms with Crippen LogP contribution in [-0.4, -0.2) is 11.7 Å². The molecule has 1 N–H and O–H groups in total. The van der Waals surface area contributed by atoms with Crippen molar-refractivity contribution in [2.24, 2.45) is 0 Å². The highest BCUT2D eigenvalue weighted by Gasteiger charge is 2.15. The predicted molar refractivity (Wildman–Crippen MR) is 145 cm³/mol. The number of hydrogen-bond acceptors (Lipinski definition) is 1. The highest BCUT2D eigenvalue weighted by atomic mass is 16.2. The Morgan fingerprint density at radius 3 is 1.45 bits per heavy atom. The molecule has 170 valence electrons. The quantitative estimate of drug-likeness (QED) is 0.124. The standard InChI is InChI=1S/C32H36O/c1-2-3-4-7-12-23-18-20-29-28-17-11-15-26-24(13-8-5-6-9-22-33)19-21-30(32(26)28)27-16-10-14-25(23)31(27)29/h10-11,14-21,33H,2-9,12-13,22H2,1H3. The molecule has 0 spiro atoms. The van der Waals surface area contributed by atoms with Gasteiger partial charge in [-0.15, -0.1) is 0 Å². The van der Waals surface area contributed by atoms with Crippen LogP contribution in [0.25, 0.3) is 43.1 Å². The molecular weight excluding hydrogens is 400 g/mol. The van der Waals surface area contributed by atoms with Crippen molar-refractivity contribution >= 4 is 43.1 Å². The van der Waals surface area contributed by atoms with Crippen molar-refractivity contribution in [3.63, 3.8) is 0 Å². The molecule has 0 saturated heterocycles. The van der Waals surface area contributed by atoms with E-state index in [1.165, 1.54) is 99.2 Å². The number of fused-ring (bicyclic) bond motifs is 2. The molecule has 0 aliphatic rings. The molecule has 0 aromatic heterocycles. The molecule has 0 heterocycles. The highest BCUT2D eigenvalue weighted by Crippen LogP contribution is 2.42. The van der Waals surface area contributed by atoms with Gasteiger partial charge < -0.3 is 5.11 Å². The third-order valence-corrected chi connectivity index (χ3v) is 7.50. The molecule has 0 unspecified atom stereocenters. The summed E-state index contributed by atoms with van der Waals surface area (Å²) in [7, 11) is 0. The fraction of sp³-hybridized carbons (Fsp3) is 0.375. The molecule has 0 fully saturated rings. The number of unbranched alkanes of at least 4 members (excludes halogenated alkanes) is 6. The normalized spacial score (nSPS) is 12.1. The average molecular weight is 437 g/mol. The minimum atomic E-state index is 0.312. The van der Waals surface area contributed by atoms with Crippen LogP contribution in [0.15, 0.2) is 60.7 Å². The van der Waals surface area contributed by atoms with E-state index in [1.807, 2.05) is 0 Å². The summed E-state index contributed by atoms with van der Waals surface area (Å²) in [5.74, 6) is 0. The van der Waals surface area contributed by atoms with Gasteiger partial charge in [-0.05, 0) is 86.3 Å². The van der Waals surface area contributed by atoms with Crippen LogP contribution in [0.2, 0.25) is 0 Å². The van der Waals surface area contributed by atoms with E-state index in [0.29, 0.717) is 6.61 Å². The fourth-order valence-corrected chi connectivity index (χ4v) is 5.79. The van der Waals surface area contributed by atoms with Crippen LogP contribution in [0, 0.1) is 0 Å². The summed E-state index contributed by atoms with van der Waals surface area (Å²) in [5, 5.41) is 20.4. The van der Waals surface area contributed by atoms with Crippen molar-refractivity contribution in [3.8, 4) is 0 Å². The topological polar surface area (TPSA) is 20.2 Å². The summed E-state index contributed by atoms with van der Waals surface area (Å²) in [6, 6.07) is 23.3. The van der Waals surface area contributed by atoms with E-state index in [0.717, 1.165) is 19.3 Å². The van der Waals surface area contributed by atoms with Crippen LogP contribution in [0.5, 0.6) is 0 Å². The summed E-state index contributed by atoms with van der Waals surface area (Å²) in [5.41, 5.74) is 2.96. The molecule has 5 rings (SSSR count). The summed E-state index contributed by atoms with van der Waals surface area (Å²) in [6.07, 6.45) is 11.9. The maximum Gasteiger partial charge on any atom is 0.0431 e. The largest absolute Gasteiger partial charge is 0.396 e. The second kappa shape index (κ2) is 10.1. The maximum atomic E-state index is 9.04. The molecule has 0 atom stereocenters. The molecule has 0 bridgehead atoms. The molecule has 5 aromatic carbocycles. The maximum absolute atomic E-state index is 9.04. The van der Waals surface area contributed by atoms with Crippen LogP contribution in [0.1, 0.15) is 69.4 Å². The van der Waals surface area contributed by atoms with Crippen LogP contribution < -0.4 is 0 Å². The fourth-order valence-electron chi connectivity index (χ4n) is 5.79. The van der Waals surface area contributed by atoms with Gasteiger partial charge in [0.1, 0.15) is 0 Å². The predicted octanol–water partition coefficient (Wildman–Crippen LogP) is 8.96. The molecule has 0 radical (unpaired) electrons. The Labute approximate surface area is 197 Å². The molecule has 0 amide bonds. The Hall–Kier alpha value is -2.64. The van der Waals surface area contributed by atoms with Crippen molar-refractivity contribution in [2.75, 3.05) is 6.61 Å². The highest BCUT2D eigenvalue weighted by molar-refractivity contribution is 6.33. The van der Waals surface area contributed by atoms with Crippen molar-refractivity contribution in [3.05, 3.63) is 71.8 Å². The smallest absolute Gasteiger partial charge is 0.0431 e. The van der Waals surface area contributed by atoms with E-state index < -0.39 is 0 Å². The third kappa shape index (κ3) is 4.20. The monoisotopic (exact) mass is 436 g/mol. The van der Waals surface area contributed by atoms with Crippen molar-refractivity contribution in [1.82, 2.24) is 0 Å². The van der Waals surface area contributed by atoms with Crippen LogP contribution >= 0.6 is 0 Å². The van der Waals surface area contributed by atoms with Gasteiger partial charge in [-0.25, -0.2) is 0 Å². The van der Waals surface area contributed by atoms with E-state index in [4.69, 9.17) is 5.11 Å². The van der Waals surface area contributed by atoms with Gasteiger partial charge in [0.25, 0.3) is 0 Å². The Balaban J connectivity index is 1.61. The first-order chi connectivity index (χ1) is 16.3. The van der Waals surface area contributed by atoms with E-state index in [2.05, 4.69) is 67.6 Å². The number of rotatable bonds is 11. The molecular formula is C32H36O. The number of aryl methyl sites for hydroxylation is 2. The van der Waals surface area contributed by atoms with Gasteiger partial charge in [0.05, 0.1) is 0 Å². The average Bonchev–Trinajstić information content (AvgIpc) is 2.85. The zero-order chi connectivity index (χ0) is 22.6. The minimum Gasteiger partial charge on any atom is -0.396 e. The summed E-state index contributed by atoms with van der Waals surface area (Å²) in [4.78, 5) is 0. The van der Waals surface area contributed by atoms with Crippen LogP contribution in [0.4, 0.5) is 0 Å². The van der Waals surface area contributed by atoms with Gasteiger partial charge in [-0.2, -0.15) is 0 Å². The molecule has 0 aliphatic heterocycles. The molecule has 1 heteroatoms. The van der Waals surface area contributed by atoms with Gasteiger partial charge >= 0.3 is 0 Å². The molecule has 0 aliphatic carbocycles. The molecule has 1 nitrogen and oxygen atoms in total. The molecule has 0 saturated carbocycles. The van der Waals surface area contributed by atoms with E-state index in [9.17, 15) is 0 Å². The van der Waals surface area contributed by atoms with Crippen molar-refractivity contribution in [2.45, 2.75) is 71.1 Å². The minimum absolute atomic E-state index is 0.312. The first-order valence-corrected chi connectivity index (χ1v) is 13.0. The summed E-state index contributed by atoms with van der Waals surface area (Å²) in [6.45, 7) is 2.59. The van der Waals surface area contributed by atoms with Gasteiger partial charge in [-0.3, -0.25) is 0 Å². The van der Waals surface area contributed by atoms with Gasteiger partial charge in [-0.1, -0.05) is 99.7 Å². The van der Waals surface area contributed by atoms with Crippen LogP contribution in [-0.2, 0) is 12.8 Å². The van der Waals surface area contributed by atoms with E-state index in [-0.39, 0.29) is 0 Å². The Kier molecular flexibility index (Phi) is 6.78. The third-order valence-electron chi connectivity index (χ3n) is 7.50. The summed E-state index contributed by atoms with van der Waals surface area (Å²) >= 11 is 0. The van der Waals surface area contributed by atoms with E-state index >= 15 is 0 Å². The van der Waals surface area contributed by atoms with Gasteiger partial charge in [0.15, 0.2) is 0 Å². The van der Waals surface area contributed by atoms with Gasteiger partial charge in [0, 0.05) is 6.61 Å². The van der Waals surface area contributed by atoms with Gasteiger partial charge in [0.2, 0.25) is 0 Å². The lowest BCUT2D eigenvalue weighted by Gasteiger charge is -2.18. The second-order valence-electron chi connectivity index (χ2n) is 9.70. The number of hydrogen-bond donors (Lipinski definition) is 1. The SMILES string of the molecule is CCCCCCc1ccc2c3cccc4c(CCCCCCO)ccc(c5cccc1c25)c43. The zero-order valence-electron chi connectivity index (χ0n) is 20.0.